The van der Waals surface area contributed by atoms with Crippen LogP contribution < -0.4 is 14.8 Å². The van der Waals surface area contributed by atoms with E-state index in [0.717, 1.165) is 28.1 Å². The number of anilines is 1. The molecule has 28 heavy (non-hydrogen) atoms. The predicted octanol–water partition coefficient (Wildman–Crippen LogP) is 5.42. The Morgan fingerprint density at radius 3 is 2.61 bits per heavy atom. The van der Waals surface area contributed by atoms with Gasteiger partial charge in [-0.1, -0.05) is 12.1 Å². The maximum absolute atomic E-state index is 9.58. The van der Waals surface area contributed by atoms with Gasteiger partial charge in [0, 0.05) is 22.8 Å². The first-order valence-electron chi connectivity index (χ1n) is 8.68. The summed E-state index contributed by atoms with van der Waals surface area (Å²) in [6.45, 7) is 4.07. The maximum atomic E-state index is 9.58. The second-order valence-corrected chi connectivity index (χ2v) is 7.10. The highest BCUT2D eigenvalue weighted by Gasteiger charge is 2.12. The van der Waals surface area contributed by atoms with Crippen molar-refractivity contribution >= 4 is 22.6 Å². The molecule has 5 nitrogen and oxygen atoms in total. The first-order chi connectivity index (χ1) is 13.5. The summed E-state index contributed by atoms with van der Waals surface area (Å²) >= 11 is 1.43. The zero-order valence-corrected chi connectivity index (χ0v) is 17.1. The van der Waals surface area contributed by atoms with Crippen molar-refractivity contribution in [1.82, 2.24) is 4.98 Å². The van der Waals surface area contributed by atoms with Gasteiger partial charge < -0.3 is 14.8 Å². The second-order valence-electron chi connectivity index (χ2n) is 6.24. The Labute approximate surface area is 168 Å². The van der Waals surface area contributed by atoms with Crippen LogP contribution in [0.2, 0.25) is 0 Å². The fraction of sp³-hybridized carbons (Fsp3) is 0.182. The molecule has 2 aromatic carbocycles. The van der Waals surface area contributed by atoms with Crippen LogP contribution in [0.5, 0.6) is 11.5 Å². The van der Waals surface area contributed by atoms with Crippen LogP contribution in [-0.4, -0.2) is 19.2 Å². The topological polar surface area (TPSA) is 67.2 Å². The lowest BCUT2D eigenvalue weighted by Gasteiger charge is -2.08. The van der Waals surface area contributed by atoms with Crippen molar-refractivity contribution in [3.63, 3.8) is 0 Å². The van der Waals surface area contributed by atoms with Crippen LogP contribution in [0.15, 0.2) is 48.0 Å². The normalized spacial score (nSPS) is 11.0. The molecule has 142 valence electrons. The number of thiazole rings is 1. The van der Waals surface area contributed by atoms with Crippen molar-refractivity contribution in [2.45, 2.75) is 13.8 Å². The summed E-state index contributed by atoms with van der Waals surface area (Å²) in [5.74, 6) is 1.30. The Kier molecular flexibility index (Phi) is 5.97. The molecule has 3 aromatic rings. The molecule has 0 unspecified atom stereocenters. The van der Waals surface area contributed by atoms with Gasteiger partial charge in [-0.3, -0.25) is 0 Å². The molecule has 0 bridgehead atoms. The summed E-state index contributed by atoms with van der Waals surface area (Å²) in [5.41, 5.74) is 5.42. The second kappa shape index (κ2) is 8.59. The van der Waals surface area contributed by atoms with Gasteiger partial charge in [-0.2, -0.15) is 5.26 Å². The van der Waals surface area contributed by atoms with Gasteiger partial charge in [-0.05, 0) is 49.2 Å². The fourth-order valence-corrected chi connectivity index (χ4v) is 3.50. The van der Waals surface area contributed by atoms with Crippen LogP contribution >= 0.6 is 11.3 Å². The molecule has 0 saturated heterocycles. The molecule has 1 N–H and O–H groups in total. The molecular formula is C22H21N3O2S. The standard InChI is InChI=1S/C22H21N3O2S/c1-14-5-6-15(2)18(9-14)24-12-17(11-23)22-25-19(13-28-22)16-7-8-20(26-3)21(10-16)27-4/h5-10,12-13,24H,1-4H3/b17-12-. The highest BCUT2D eigenvalue weighted by Crippen LogP contribution is 2.33. The van der Waals surface area contributed by atoms with Gasteiger partial charge >= 0.3 is 0 Å². The lowest BCUT2D eigenvalue weighted by atomic mass is 10.1. The maximum Gasteiger partial charge on any atom is 0.161 e. The molecule has 1 heterocycles. The van der Waals surface area contributed by atoms with Crippen LogP contribution in [0.4, 0.5) is 5.69 Å². The number of hydrogen-bond donors (Lipinski definition) is 1. The van der Waals surface area contributed by atoms with Gasteiger partial charge in [-0.25, -0.2) is 4.98 Å². The number of methoxy groups -OCH3 is 2. The predicted molar refractivity (Wildman–Crippen MR) is 114 cm³/mol. The van der Waals surface area contributed by atoms with Crippen molar-refractivity contribution in [1.29, 1.82) is 5.26 Å². The smallest absolute Gasteiger partial charge is 0.161 e. The Morgan fingerprint density at radius 2 is 1.89 bits per heavy atom. The van der Waals surface area contributed by atoms with Crippen LogP contribution in [0.1, 0.15) is 16.1 Å². The Morgan fingerprint density at radius 1 is 1.11 bits per heavy atom. The third-order valence-electron chi connectivity index (χ3n) is 4.30. The minimum absolute atomic E-state index is 0.484. The van der Waals surface area contributed by atoms with E-state index in [9.17, 15) is 5.26 Å². The van der Waals surface area contributed by atoms with E-state index in [-0.39, 0.29) is 0 Å². The number of benzene rings is 2. The van der Waals surface area contributed by atoms with E-state index in [1.54, 1.807) is 20.4 Å². The zero-order valence-electron chi connectivity index (χ0n) is 16.2. The molecule has 0 spiro atoms. The van der Waals surface area contributed by atoms with Crippen molar-refractivity contribution in [2.75, 3.05) is 19.5 Å². The zero-order chi connectivity index (χ0) is 20.1. The molecular weight excluding hydrogens is 370 g/mol. The van der Waals surface area contributed by atoms with E-state index in [0.29, 0.717) is 22.1 Å². The monoisotopic (exact) mass is 391 g/mol. The van der Waals surface area contributed by atoms with Crippen molar-refractivity contribution in [2.24, 2.45) is 0 Å². The lowest BCUT2D eigenvalue weighted by molar-refractivity contribution is 0.355. The minimum Gasteiger partial charge on any atom is -0.493 e. The largest absolute Gasteiger partial charge is 0.493 e. The molecule has 0 aliphatic carbocycles. The first kappa shape index (κ1) is 19.5. The van der Waals surface area contributed by atoms with Gasteiger partial charge in [0.2, 0.25) is 0 Å². The molecule has 1 aromatic heterocycles. The number of aryl methyl sites for hydroxylation is 2. The molecule has 0 aliphatic rings. The lowest BCUT2D eigenvalue weighted by Crippen LogP contribution is -1.94. The van der Waals surface area contributed by atoms with Crippen molar-refractivity contribution < 1.29 is 9.47 Å². The minimum atomic E-state index is 0.484. The molecule has 6 heteroatoms. The number of rotatable bonds is 6. The van der Waals surface area contributed by atoms with Gasteiger partial charge in [0.1, 0.15) is 16.6 Å². The average Bonchev–Trinajstić information content (AvgIpc) is 3.20. The first-order valence-corrected chi connectivity index (χ1v) is 9.56. The van der Waals surface area contributed by atoms with Gasteiger partial charge in [-0.15, -0.1) is 11.3 Å². The molecule has 3 rings (SSSR count). The van der Waals surface area contributed by atoms with Crippen LogP contribution in [0.25, 0.3) is 16.8 Å². The van der Waals surface area contributed by atoms with Gasteiger partial charge in [0.15, 0.2) is 11.5 Å². The Hall–Kier alpha value is -3.30. The van der Waals surface area contributed by atoms with E-state index < -0.39 is 0 Å². The fourth-order valence-electron chi connectivity index (χ4n) is 2.71. The van der Waals surface area contributed by atoms with Gasteiger partial charge in [0.05, 0.1) is 19.9 Å². The number of nitriles is 1. The number of aromatic nitrogens is 1. The van der Waals surface area contributed by atoms with E-state index >= 15 is 0 Å². The SMILES string of the molecule is COc1ccc(-c2csc(/C(C#N)=C\Nc3cc(C)ccc3C)n2)cc1OC. The number of allylic oxidation sites excluding steroid dienone is 1. The van der Waals surface area contributed by atoms with Crippen molar-refractivity contribution in [3.05, 3.63) is 64.1 Å². The summed E-state index contributed by atoms with van der Waals surface area (Å²) in [5, 5.41) is 15.4. The van der Waals surface area contributed by atoms with Crippen molar-refractivity contribution in [3.8, 4) is 28.8 Å². The number of ether oxygens (including phenoxy) is 2. The Bertz CT molecular complexity index is 1060. The van der Waals surface area contributed by atoms with E-state index in [4.69, 9.17) is 9.47 Å². The van der Waals surface area contributed by atoms with E-state index in [1.807, 2.05) is 37.4 Å². The Balaban J connectivity index is 1.87. The quantitative estimate of drug-likeness (QED) is 0.568. The summed E-state index contributed by atoms with van der Waals surface area (Å²) in [6.07, 6.45) is 1.71. The molecule has 0 amide bonds. The van der Waals surface area contributed by atoms with Crippen LogP contribution in [-0.2, 0) is 0 Å². The number of hydrogen-bond acceptors (Lipinski definition) is 6. The summed E-state index contributed by atoms with van der Waals surface area (Å²) in [6, 6.07) is 14.0. The third kappa shape index (κ3) is 4.16. The van der Waals surface area contributed by atoms with Gasteiger partial charge in [0.25, 0.3) is 0 Å². The average molecular weight is 391 g/mol. The number of nitrogens with one attached hydrogen (secondary N) is 1. The molecule has 0 aliphatic heterocycles. The highest BCUT2D eigenvalue weighted by atomic mass is 32.1. The van der Waals surface area contributed by atoms with E-state index in [1.165, 1.54) is 11.3 Å². The summed E-state index contributed by atoms with van der Waals surface area (Å²) < 4.78 is 10.6. The summed E-state index contributed by atoms with van der Waals surface area (Å²) in [4.78, 5) is 4.63. The van der Waals surface area contributed by atoms with Crippen LogP contribution in [0.3, 0.4) is 0 Å². The number of nitrogens with zero attached hydrogens (tertiary/aromatic N) is 2. The molecule has 0 radical (unpaired) electrons. The van der Waals surface area contributed by atoms with E-state index in [2.05, 4.69) is 34.6 Å². The summed E-state index contributed by atoms with van der Waals surface area (Å²) in [7, 11) is 3.20. The third-order valence-corrected chi connectivity index (χ3v) is 5.18. The van der Waals surface area contributed by atoms with Crippen LogP contribution in [0, 0.1) is 25.2 Å². The molecule has 0 atom stereocenters. The molecule has 0 saturated carbocycles. The highest BCUT2D eigenvalue weighted by molar-refractivity contribution is 7.11. The molecule has 0 fully saturated rings.